The van der Waals surface area contributed by atoms with Crippen LogP contribution in [0, 0.1) is 6.92 Å². The Bertz CT molecular complexity index is 488. The van der Waals surface area contributed by atoms with Crippen molar-refractivity contribution in [1.29, 1.82) is 0 Å². The van der Waals surface area contributed by atoms with E-state index in [1.807, 2.05) is 0 Å². The number of anilines is 1. The van der Waals surface area contributed by atoms with Crippen LogP contribution in [0.15, 0.2) is 0 Å². The summed E-state index contributed by atoms with van der Waals surface area (Å²) in [5.41, 5.74) is 0. The molecule has 1 aromatic rings. The largest absolute Gasteiger partial charge is 0.472 e. The monoisotopic (exact) mass is 464 g/mol. The number of morpholine rings is 1. The van der Waals surface area contributed by atoms with Gasteiger partial charge in [0, 0.05) is 58.9 Å². The second-order valence-corrected chi connectivity index (χ2v) is 5.81. The van der Waals surface area contributed by atoms with Gasteiger partial charge in [0.2, 0.25) is 5.82 Å². The summed E-state index contributed by atoms with van der Waals surface area (Å²) in [6.45, 7) is 8.79. The summed E-state index contributed by atoms with van der Waals surface area (Å²) in [5, 5.41) is 21.3. The van der Waals surface area contributed by atoms with E-state index < -0.39 is 6.10 Å². The summed E-state index contributed by atoms with van der Waals surface area (Å²) in [6, 6.07) is 0. The number of Topliss-reactive ketones (excluding diaryl/α,β-unsaturated/α-hetero) is 1. The number of rotatable bonds is 9. The fourth-order valence-corrected chi connectivity index (χ4v) is 2.34. The van der Waals surface area contributed by atoms with Crippen molar-refractivity contribution in [1.82, 2.24) is 14.1 Å². The summed E-state index contributed by atoms with van der Waals surface area (Å²) < 4.78 is 19.2. The molecule has 9 nitrogen and oxygen atoms in total. The zero-order chi connectivity index (χ0) is 18.5. The van der Waals surface area contributed by atoms with E-state index in [4.69, 9.17) is 14.6 Å². The molecule has 1 radical (unpaired) electrons. The van der Waals surface area contributed by atoms with Gasteiger partial charge in [0.15, 0.2) is 0 Å². The average molecular weight is 464 g/mol. The van der Waals surface area contributed by atoms with E-state index in [-0.39, 0.29) is 51.7 Å². The van der Waals surface area contributed by atoms with Crippen molar-refractivity contribution in [2.24, 2.45) is 0 Å². The summed E-state index contributed by atoms with van der Waals surface area (Å²) in [5.74, 6) is 1.18. The fraction of sp³-hybridized carbons (Fsp3) is 0.733. The van der Waals surface area contributed by atoms with Crippen molar-refractivity contribution in [2.75, 3.05) is 57.5 Å². The van der Waals surface area contributed by atoms with Crippen LogP contribution < -0.4 is 15.0 Å². The molecule has 0 bridgehead atoms. The number of aliphatic hydroxyl groups excluding tert-OH is 2. The zero-order valence-corrected chi connectivity index (χ0v) is 18.7. The standard InChI is InChI=1S/C11H20N4O4S.C4H7O.Y/c16-4-1-12-7-9(17)8-19-11-10(13-20-14-11)15-2-5-18-6-3-15;1-3-4(2)5;/h9,12,16-17H,1-8H2;2-3H2,1H3;/q;-1;. The minimum Gasteiger partial charge on any atom is -0.472 e. The Morgan fingerprint density at radius 1 is 1.46 bits per heavy atom. The topological polar surface area (TPSA) is 117 Å². The Balaban J connectivity index is 0.000000923. The molecule has 0 spiro atoms. The molecule has 1 atom stereocenters. The Labute approximate surface area is 183 Å². The Hall–Kier alpha value is -0.356. The molecule has 1 aromatic heterocycles. The molecule has 147 valence electrons. The Morgan fingerprint density at radius 3 is 2.69 bits per heavy atom. The number of aliphatic hydroxyl groups is 2. The number of hydrogen-bond donors (Lipinski definition) is 3. The quantitative estimate of drug-likeness (QED) is 0.328. The third-order valence-electron chi connectivity index (χ3n) is 3.23. The van der Waals surface area contributed by atoms with Gasteiger partial charge in [0.05, 0.1) is 31.5 Å². The van der Waals surface area contributed by atoms with Crippen LogP contribution in [0.2, 0.25) is 0 Å². The molecule has 0 amide bonds. The van der Waals surface area contributed by atoms with Crippen LogP contribution >= 0.6 is 11.7 Å². The number of nitrogens with one attached hydrogen (secondary N) is 1. The van der Waals surface area contributed by atoms with Gasteiger partial charge >= 0.3 is 0 Å². The van der Waals surface area contributed by atoms with Gasteiger partial charge in [-0.15, -0.1) is 4.37 Å². The molecule has 1 fully saturated rings. The molecule has 3 N–H and O–H groups in total. The zero-order valence-electron chi connectivity index (χ0n) is 15.1. The van der Waals surface area contributed by atoms with Gasteiger partial charge in [-0.3, -0.25) is 0 Å². The summed E-state index contributed by atoms with van der Waals surface area (Å²) in [6.07, 6.45) is -0.0965. The van der Waals surface area contributed by atoms with Crippen LogP contribution in [0.3, 0.4) is 0 Å². The summed E-state index contributed by atoms with van der Waals surface area (Å²) in [7, 11) is 0. The van der Waals surface area contributed by atoms with Crippen LogP contribution in [-0.2, 0) is 42.2 Å². The van der Waals surface area contributed by atoms with Crippen molar-refractivity contribution < 1.29 is 57.2 Å². The molecule has 1 saturated heterocycles. The van der Waals surface area contributed by atoms with Crippen molar-refractivity contribution in [3.63, 3.8) is 0 Å². The second kappa shape index (κ2) is 15.7. The first-order valence-electron chi connectivity index (χ1n) is 8.20. The minimum absolute atomic E-state index is 0. The van der Waals surface area contributed by atoms with Crippen molar-refractivity contribution in [3.8, 4) is 5.88 Å². The van der Waals surface area contributed by atoms with E-state index in [9.17, 15) is 9.90 Å². The van der Waals surface area contributed by atoms with Gasteiger partial charge in [-0.05, 0) is 12.2 Å². The van der Waals surface area contributed by atoms with E-state index in [2.05, 4.69) is 25.9 Å². The van der Waals surface area contributed by atoms with E-state index in [1.165, 1.54) is 0 Å². The number of ether oxygens (including phenoxy) is 2. The smallest absolute Gasteiger partial charge is 0.270 e. The first-order valence-corrected chi connectivity index (χ1v) is 8.94. The molecule has 2 rings (SSSR count). The van der Waals surface area contributed by atoms with Crippen LogP contribution in [0.25, 0.3) is 0 Å². The normalized spacial score (nSPS) is 14.7. The molecular formula is C15H27N4O5SY-. The maximum Gasteiger partial charge on any atom is 0.270 e. The Kier molecular flexibility index (Phi) is 15.5. The second-order valence-electron chi connectivity index (χ2n) is 5.28. The van der Waals surface area contributed by atoms with Gasteiger partial charge in [0.1, 0.15) is 12.7 Å². The van der Waals surface area contributed by atoms with E-state index in [1.54, 1.807) is 6.92 Å². The van der Waals surface area contributed by atoms with Crippen LogP contribution in [-0.4, -0.2) is 83.5 Å². The van der Waals surface area contributed by atoms with Gasteiger partial charge < -0.3 is 41.6 Å². The van der Waals surface area contributed by atoms with E-state index in [0.29, 0.717) is 44.4 Å². The SMILES string of the molecule is OCCNCC(O)COc1nsnc1N1CCOCC1.[CH2-]C(=O)CC.[Y]. The third kappa shape index (κ3) is 10.7. The van der Waals surface area contributed by atoms with Gasteiger partial charge in [-0.25, -0.2) is 0 Å². The van der Waals surface area contributed by atoms with Crippen molar-refractivity contribution in [2.45, 2.75) is 19.4 Å². The number of nitrogens with zero attached hydrogens (tertiary/aromatic N) is 3. The summed E-state index contributed by atoms with van der Waals surface area (Å²) >= 11 is 1.10. The minimum atomic E-state index is -0.652. The maximum absolute atomic E-state index is 9.73. The van der Waals surface area contributed by atoms with Crippen molar-refractivity contribution in [3.05, 3.63) is 6.92 Å². The predicted molar refractivity (Wildman–Crippen MR) is 95.1 cm³/mol. The molecule has 1 aliphatic rings. The van der Waals surface area contributed by atoms with Crippen molar-refractivity contribution >= 4 is 23.3 Å². The first-order chi connectivity index (χ1) is 12.1. The first kappa shape index (κ1) is 25.6. The molecule has 2 heterocycles. The number of ketones is 1. The van der Waals surface area contributed by atoms with Gasteiger partial charge in [-0.2, -0.15) is 4.37 Å². The fourth-order valence-electron chi connectivity index (χ4n) is 1.82. The predicted octanol–water partition coefficient (Wildman–Crippen LogP) is -0.507. The molecule has 0 aromatic carbocycles. The Morgan fingerprint density at radius 2 is 2.12 bits per heavy atom. The molecule has 11 heteroatoms. The average Bonchev–Trinajstić information content (AvgIpc) is 3.10. The molecule has 1 unspecified atom stereocenters. The van der Waals surface area contributed by atoms with Crippen LogP contribution in [0.5, 0.6) is 5.88 Å². The molecular weight excluding hydrogens is 437 g/mol. The van der Waals surface area contributed by atoms with Crippen LogP contribution in [0.4, 0.5) is 5.82 Å². The molecule has 1 aliphatic heterocycles. The maximum atomic E-state index is 9.73. The van der Waals surface area contributed by atoms with E-state index in [0.717, 1.165) is 24.8 Å². The van der Waals surface area contributed by atoms with Gasteiger partial charge in [-0.1, -0.05) is 6.92 Å². The number of aromatic nitrogens is 2. The van der Waals surface area contributed by atoms with E-state index >= 15 is 0 Å². The summed E-state index contributed by atoms with van der Waals surface area (Å²) in [4.78, 5) is 11.8. The third-order valence-corrected chi connectivity index (χ3v) is 3.73. The van der Waals surface area contributed by atoms with Crippen LogP contribution in [0.1, 0.15) is 13.3 Å². The number of hydrogen-bond acceptors (Lipinski definition) is 10. The number of carbonyl (C=O) groups is 1. The molecule has 0 aliphatic carbocycles. The molecule has 0 saturated carbocycles. The van der Waals surface area contributed by atoms with Gasteiger partial charge in [0.25, 0.3) is 5.88 Å². The number of carbonyl (C=O) groups excluding carboxylic acids is 1. The molecule has 26 heavy (non-hydrogen) atoms.